The summed E-state index contributed by atoms with van der Waals surface area (Å²) in [5.41, 5.74) is 21.3. The third-order valence-electron chi connectivity index (χ3n) is 12.0. The van der Waals surface area contributed by atoms with Gasteiger partial charge in [0.15, 0.2) is 0 Å². The number of para-hydroxylation sites is 2. The third kappa shape index (κ3) is 4.22. The van der Waals surface area contributed by atoms with Crippen LogP contribution in [0.2, 0.25) is 0 Å². The lowest BCUT2D eigenvalue weighted by molar-refractivity contribution is 0.909. The number of aryl methyl sites for hydroxylation is 1. The largest absolute Gasteiger partial charge is 0.296 e. The summed E-state index contributed by atoms with van der Waals surface area (Å²) in [6, 6.07) is 65.2. The Morgan fingerprint density at radius 1 is 0.418 bits per heavy atom. The number of nitrogens with zero attached hydrogens (tertiary/aromatic N) is 2. The van der Waals surface area contributed by atoms with Gasteiger partial charge in [0.25, 0.3) is 0 Å². The quantitative estimate of drug-likeness (QED) is 0.175. The third-order valence-corrected chi connectivity index (χ3v) is 12.0. The average Bonchev–Trinajstić information content (AvgIpc) is 3.91. The smallest absolute Gasteiger partial charge is 0.114 e. The van der Waals surface area contributed by atoms with E-state index < -0.39 is 0 Å². The first-order valence-electron chi connectivity index (χ1n) is 19.3. The zero-order valence-electron chi connectivity index (χ0n) is 30.3. The molecular weight excluding hydrogens is 665 g/mol. The molecule has 0 atom stereocenters. The lowest BCUT2D eigenvalue weighted by Gasteiger charge is -2.22. The zero-order chi connectivity index (χ0) is 36.2. The van der Waals surface area contributed by atoms with Crippen LogP contribution < -0.4 is 0 Å². The highest BCUT2D eigenvalue weighted by Gasteiger charge is 2.31. The van der Waals surface area contributed by atoms with Gasteiger partial charge in [-0.2, -0.15) is 0 Å². The normalized spacial score (nSPS) is 12.2. The lowest BCUT2D eigenvalue weighted by Crippen LogP contribution is -2.00. The Morgan fingerprint density at radius 3 is 1.87 bits per heavy atom. The molecule has 256 valence electrons. The summed E-state index contributed by atoms with van der Waals surface area (Å²) in [4.78, 5) is 5.00. The fourth-order valence-electron chi connectivity index (χ4n) is 9.77. The molecule has 12 rings (SSSR count). The molecule has 0 saturated carbocycles. The summed E-state index contributed by atoms with van der Waals surface area (Å²) in [5, 5.41) is 5.22. The van der Waals surface area contributed by atoms with Gasteiger partial charge in [-0.15, -0.1) is 0 Å². The van der Waals surface area contributed by atoms with Gasteiger partial charge in [-0.25, -0.2) is 4.98 Å². The van der Waals surface area contributed by atoms with Gasteiger partial charge in [0.2, 0.25) is 0 Å². The maximum atomic E-state index is 5.00. The molecule has 0 amide bonds. The van der Waals surface area contributed by atoms with Crippen LogP contribution in [0.15, 0.2) is 176 Å². The van der Waals surface area contributed by atoms with E-state index in [1.54, 1.807) is 0 Å². The van der Waals surface area contributed by atoms with E-state index in [2.05, 4.69) is 187 Å². The molecule has 9 aromatic carbocycles. The van der Waals surface area contributed by atoms with Gasteiger partial charge < -0.3 is 0 Å². The van der Waals surface area contributed by atoms with E-state index in [1.165, 1.54) is 99.4 Å². The van der Waals surface area contributed by atoms with Crippen LogP contribution in [-0.4, -0.2) is 9.55 Å². The van der Waals surface area contributed by atoms with E-state index in [4.69, 9.17) is 4.98 Å². The van der Waals surface area contributed by atoms with Crippen molar-refractivity contribution in [1.82, 2.24) is 9.55 Å². The second kappa shape index (κ2) is 11.5. The van der Waals surface area contributed by atoms with E-state index in [-0.39, 0.29) is 0 Å². The van der Waals surface area contributed by atoms with Crippen LogP contribution >= 0.6 is 0 Å². The molecule has 2 heteroatoms. The molecule has 2 aliphatic carbocycles. The Bertz CT molecular complexity index is 3220. The molecule has 0 fully saturated rings. The highest BCUT2D eigenvalue weighted by atomic mass is 15.1. The lowest BCUT2D eigenvalue weighted by atomic mass is 9.81. The number of hydrogen-bond donors (Lipinski definition) is 0. The van der Waals surface area contributed by atoms with Crippen molar-refractivity contribution < 1.29 is 0 Å². The van der Waals surface area contributed by atoms with Gasteiger partial charge in [-0.3, -0.25) is 4.57 Å². The summed E-state index contributed by atoms with van der Waals surface area (Å²) < 4.78 is 2.34. The number of benzene rings is 9. The predicted molar refractivity (Wildman–Crippen MR) is 231 cm³/mol. The molecule has 0 aliphatic heterocycles. The first-order valence-corrected chi connectivity index (χ1v) is 19.3. The number of rotatable bonds is 5. The molecule has 1 aromatic heterocycles. The fraction of sp³-hybridized carbons (Fsp3) is 0.0377. The zero-order valence-corrected chi connectivity index (χ0v) is 30.3. The minimum atomic E-state index is 0.861. The maximum Gasteiger partial charge on any atom is 0.114 e. The van der Waals surface area contributed by atoms with Crippen molar-refractivity contribution in [3.8, 4) is 83.6 Å². The Balaban J connectivity index is 1.15. The number of imidazole rings is 1. The second-order valence-electron chi connectivity index (χ2n) is 14.9. The Hall–Kier alpha value is -7.03. The van der Waals surface area contributed by atoms with Crippen LogP contribution in [0.25, 0.3) is 116 Å². The SMILES string of the molecule is CCc1nc2ccccc2n1-c1ccc2c(c1)-c1cccc3c(-c4cc(-c5ccccc5)c5c(c4-c4ccccc4)-c4cccc6cccc-5c46)ccc-2c13. The van der Waals surface area contributed by atoms with E-state index in [0.717, 1.165) is 29.0 Å². The van der Waals surface area contributed by atoms with Crippen molar-refractivity contribution in [3.63, 3.8) is 0 Å². The Kier molecular flexibility index (Phi) is 6.35. The first-order chi connectivity index (χ1) is 27.3. The topological polar surface area (TPSA) is 17.8 Å². The molecular formula is C53H34N2. The van der Waals surface area contributed by atoms with Crippen molar-refractivity contribution in [3.05, 3.63) is 182 Å². The van der Waals surface area contributed by atoms with Crippen LogP contribution in [0.4, 0.5) is 0 Å². The van der Waals surface area contributed by atoms with E-state index in [0.29, 0.717) is 0 Å². The van der Waals surface area contributed by atoms with Crippen molar-refractivity contribution >= 4 is 32.6 Å². The van der Waals surface area contributed by atoms with Gasteiger partial charge in [-0.1, -0.05) is 153 Å². The summed E-state index contributed by atoms with van der Waals surface area (Å²) in [7, 11) is 0. The van der Waals surface area contributed by atoms with Crippen molar-refractivity contribution in [2.45, 2.75) is 13.3 Å². The molecule has 2 aliphatic rings. The van der Waals surface area contributed by atoms with Gasteiger partial charge in [0.1, 0.15) is 5.82 Å². The van der Waals surface area contributed by atoms with Gasteiger partial charge in [0, 0.05) is 12.1 Å². The molecule has 0 N–H and O–H groups in total. The Morgan fingerprint density at radius 2 is 1.07 bits per heavy atom. The van der Waals surface area contributed by atoms with E-state index in [9.17, 15) is 0 Å². The monoisotopic (exact) mass is 698 g/mol. The average molecular weight is 699 g/mol. The standard InChI is InChI=1S/C53H34N2/c1-2-48-54-46-24-9-10-25-47(46)55(48)35-26-27-36-40-29-28-37(38-20-13-21-39(51(38)40)44(36)30-35)45-31-43(32-14-5-3-6-15-32)52-41-22-11-18-33-19-12-23-42(49(33)41)53(52)50(45)34-16-7-4-8-17-34/h3-31H,2H2,1H3. The van der Waals surface area contributed by atoms with E-state index >= 15 is 0 Å². The van der Waals surface area contributed by atoms with Gasteiger partial charge in [0.05, 0.1) is 11.0 Å². The van der Waals surface area contributed by atoms with Gasteiger partial charge in [-0.05, 0) is 130 Å². The van der Waals surface area contributed by atoms with Crippen LogP contribution in [0.3, 0.4) is 0 Å². The minimum Gasteiger partial charge on any atom is -0.296 e. The number of fused-ring (bicyclic) bond motifs is 7. The molecule has 55 heavy (non-hydrogen) atoms. The highest BCUT2D eigenvalue weighted by Crippen LogP contribution is 2.58. The minimum absolute atomic E-state index is 0.861. The molecule has 0 radical (unpaired) electrons. The first kappa shape index (κ1) is 30.4. The molecule has 0 unspecified atom stereocenters. The summed E-state index contributed by atoms with van der Waals surface area (Å²) >= 11 is 0. The summed E-state index contributed by atoms with van der Waals surface area (Å²) in [5.74, 6) is 1.08. The number of hydrogen-bond acceptors (Lipinski definition) is 1. The highest BCUT2D eigenvalue weighted by molar-refractivity contribution is 6.25. The van der Waals surface area contributed by atoms with Crippen LogP contribution in [0, 0.1) is 0 Å². The van der Waals surface area contributed by atoms with E-state index in [1.807, 2.05) is 0 Å². The molecule has 1 heterocycles. The van der Waals surface area contributed by atoms with Crippen LogP contribution in [0.5, 0.6) is 0 Å². The molecule has 0 saturated heterocycles. The fourth-order valence-corrected chi connectivity index (χ4v) is 9.77. The van der Waals surface area contributed by atoms with Gasteiger partial charge >= 0.3 is 0 Å². The van der Waals surface area contributed by atoms with Crippen molar-refractivity contribution in [2.75, 3.05) is 0 Å². The van der Waals surface area contributed by atoms with Crippen LogP contribution in [-0.2, 0) is 6.42 Å². The molecule has 10 aromatic rings. The van der Waals surface area contributed by atoms with Crippen molar-refractivity contribution in [1.29, 1.82) is 0 Å². The van der Waals surface area contributed by atoms with Crippen molar-refractivity contribution in [2.24, 2.45) is 0 Å². The predicted octanol–water partition coefficient (Wildman–Crippen LogP) is 14.2. The summed E-state index contributed by atoms with van der Waals surface area (Å²) in [6.45, 7) is 2.19. The molecule has 2 nitrogen and oxygen atoms in total. The maximum absolute atomic E-state index is 5.00. The summed E-state index contributed by atoms with van der Waals surface area (Å²) in [6.07, 6.45) is 0.861. The van der Waals surface area contributed by atoms with Crippen LogP contribution in [0.1, 0.15) is 12.7 Å². The number of aromatic nitrogens is 2. The molecule has 0 spiro atoms. The Labute approximate surface area is 319 Å². The molecule has 0 bridgehead atoms. The second-order valence-corrected chi connectivity index (χ2v) is 14.9.